The summed E-state index contributed by atoms with van der Waals surface area (Å²) < 4.78 is 5.10. The van der Waals surface area contributed by atoms with Crippen molar-refractivity contribution in [2.24, 2.45) is 0 Å². The van der Waals surface area contributed by atoms with Crippen LogP contribution in [0, 0.1) is 12.3 Å². The largest absolute Gasteiger partial charge is 0.457 e. The molecule has 0 saturated carbocycles. The fourth-order valence-electron chi connectivity index (χ4n) is 1.20. The molecule has 72 valence electrons. The van der Waals surface area contributed by atoms with Gasteiger partial charge in [-0.2, -0.15) is 0 Å². The van der Waals surface area contributed by atoms with Gasteiger partial charge in [-0.15, -0.1) is 12.3 Å². The number of hydrogen-bond acceptors (Lipinski definition) is 2. The molecule has 2 nitrogen and oxygen atoms in total. The van der Waals surface area contributed by atoms with E-state index in [0.29, 0.717) is 6.42 Å². The highest BCUT2D eigenvalue weighted by molar-refractivity contribution is 5.66. The molecule has 0 heterocycles. The Bertz CT molecular complexity index is 335. The van der Waals surface area contributed by atoms with E-state index in [1.807, 2.05) is 30.3 Å². The van der Waals surface area contributed by atoms with Gasteiger partial charge in [-0.25, -0.2) is 0 Å². The number of benzene rings is 1. The minimum absolute atomic E-state index is 0.311. The van der Waals surface area contributed by atoms with Gasteiger partial charge < -0.3 is 4.74 Å². The quantitative estimate of drug-likeness (QED) is 0.537. The first-order chi connectivity index (χ1) is 6.74. The first kappa shape index (κ1) is 10.3. The Morgan fingerprint density at radius 3 is 2.64 bits per heavy atom. The lowest BCUT2D eigenvalue weighted by Gasteiger charge is -2.14. The van der Waals surface area contributed by atoms with E-state index >= 15 is 0 Å². The normalized spacial score (nSPS) is 11.4. The molecule has 0 radical (unpaired) electrons. The lowest BCUT2D eigenvalue weighted by molar-refractivity contribution is -0.146. The Labute approximate surface area is 83.9 Å². The molecule has 0 aromatic heterocycles. The van der Waals surface area contributed by atoms with Crippen molar-refractivity contribution in [2.45, 2.75) is 19.4 Å². The molecule has 0 aliphatic rings. The van der Waals surface area contributed by atoms with Crippen LogP contribution in [0.3, 0.4) is 0 Å². The third-order valence-corrected chi connectivity index (χ3v) is 1.78. The summed E-state index contributed by atoms with van der Waals surface area (Å²) in [5.41, 5.74) is 0.931. The third kappa shape index (κ3) is 2.95. The van der Waals surface area contributed by atoms with Crippen LogP contribution in [0.25, 0.3) is 0 Å². The van der Waals surface area contributed by atoms with E-state index in [2.05, 4.69) is 5.92 Å². The second kappa shape index (κ2) is 5.08. The van der Waals surface area contributed by atoms with Crippen molar-refractivity contribution in [1.82, 2.24) is 0 Å². The van der Waals surface area contributed by atoms with Crippen molar-refractivity contribution < 1.29 is 9.53 Å². The van der Waals surface area contributed by atoms with Gasteiger partial charge in [0.15, 0.2) is 0 Å². The van der Waals surface area contributed by atoms with Crippen LogP contribution in [0.4, 0.5) is 0 Å². The predicted molar refractivity (Wildman–Crippen MR) is 54.4 cm³/mol. The molecule has 0 spiro atoms. The molecule has 1 aromatic carbocycles. The van der Waals surface area contributed by atoms with Crippen LogP contribution in [0.5, 0.6) is 0 Å². The van der Waals surface area contributed by atoms with Crippen LogP contribution in [-0.4, -0.2) is 5.97 Å². The molecule has 0 amide bonds. The van der Waals surface area contributed by atoms with E-state index in [0.717, 1.165) is 5.56 Å². The maximum Gasteiger partial charge on any atom is 0.303 e. The first-order valence-electron chi connectivity index (χ1n) is 4.39. The lowest BCUT2D eigenvalue weighted by Crippen LogP contribution is -2.07. The highest BCUT2D eigenvalue weighted by atomic mass is 16.5. The Morgan fingerprint density at radius 1 is 1.50 bits per heavy atom. The van der Waals surface area contributed by atoms with E-state index in [9.17, 15) is 4.79 Å². The summed E-state index contributed by atoms with van der Waals surface area (Å²) in [6.45, 7) is 1.38. The van der Waals surface area contributed by atoms with Gasteiger partial charge in [0.25, 0.3) is 0 Å². The average Bonchev–Trinajstić information content (AvgIpc) is 2.18. The molecule has 2 heteroatoms. The topological polar surface area (TPSA) is 26.3 Å². The molecule has 1 atom stereocenters. The second-order valence-electron chi connectivity index (χ2n) is 2.92. The molecule has 0 saturated heterocycles. The molecule has 0 N–H and O–H groups in total. The molecule has 0 aliphatic heterocycles. The van der Waals surface area contributed by atoms with Crippen molar-refractivity contribution in [3.8, 4) is 12.3 Å². The van der Waals surface area contributed by atoms with E-state index in [1.165, 1.54) is 6.92 Å². The van der Waals surface area contributed by atoms with Gasteiger partial charge in [-0.1, -0.05) is 30.3 Å². The number of terminal acetylenes is 1. The number of ether oxygens (including phenoxy) is 1. The third-order valence-electron chi connectivity index (χ3n) is 1.78. The van der Waals surface area contributed by atoms with Crippen molar-refractivity contribution >= 4 is 5.97 Å². The number of hydrogen-bond donors (Lipinski definition) is 0. The van der Waals surface area contributed by atoms with Crippen molar-refractivity contribution in [3.63, 3.8) is 0 Å². The number of esters is 1. The molecule has 0 bridgehead atoms. The van der Waals surface area contributed by atoms with E-state index in [1.54, 1.807) is 0 Å². The Hall–Kier alpha value is -1.75. The molecule has 1 rings (SSSR count). The van der Waals surface area contributed by atoms with Gasteiger partial charge in [0.05, 0.1) is 6.42 Å². The van der Waals surface area contributed by atoms with Gasteiger partial charge in [0.1, 0.15) is 6.10 Å². The zero-order valence-electron chi connectivity index (χ0n) is 8.07. The summed E-state index contributed by atoms with van der Waals surface area (Å²) in [5, 5.41) is 0. The first-order valence-corrected chi connectivity index (χ1v) is 4.39. The molecule has 0 fully saturated rings. The van der Waals surface area contributed by atoms with Crippen LogP contribution >= 0.6 is 0 Å². The Morgan fingerprint density at radius 2 is 2.14 bits per heavy atom. The monoisotopic (exact) mass is 188 g/mol. The summed E-state index contributed by atoms with van der Waals surface area (Å²) in [7, 11) is 0. The average molecular weight is 188 g/mol. The SMILES string of the molecule is C#CCC(OC(C)=O)c1ccccc1. The van der Waals surface area contributed by atoms with E-state index < -0.39 is 0 Å². The summed E-state index contributed by atoms with van der Waals surface area (Å²) in [4.78, 5) is 10.8. The minimum atomic E-state index is -0.321. The fourth-order valence-corrected chi connectivity index (χ4v) is 1.20. The number of rotatable bonds is 3. The summed E-state index contributed by atoms with van der Waals surface area (Å²) >= 11 is 0. The van der Waals surface area contributed by atoms with Crippen molar-refractivity contribution in [2.75, 3.05) is 0 Å². The molecular weight excluding hydrogens is 176 g/mol. The van der Waals surface area contributed by atoms with Crippen molar-refractivity contribution in [3.05, 3.63) is 35.9 Å². The Kier molecular flexibility index (Phi) is 3.75. The molecule has 14 heavy (non-hydrogen) atoms. The summed E-state index contributed by atoms with van der Waals surface area (Å²) in [6, 6.07) is 9.48. The molecule has 1 aromatic rings. The smallest absolute Gasteiger partial charge is 0.303 e. The highest BCUT2D eigenvalue weighted by Crippen LogP contribution is 2.20. The fraction of sp³-hybridized carbons (Fsp3) is 0.250. The lowest BCUT2D eigenvalue weighted by atomic mass is 10.1. The van der Waals surface area contributed by atoms with Gasteiger partial charge in [0.2, 0.25) is 0 Å². The van der Waals surface area contributed by atoms with Crippen LogP contribution in [0.2, 0.25) is 0 Å². The Balaban J connectivity index is 2.78. The number of carbonyl (C=O) groups is 1. The summed E-state index contributed by atoms with van der Waals surface area (Å²) in [5.74, 6) is 2.18. The standard InChI is InChI=1S/C12H12O2/c1-3-7-12(14-10(2)13)11-8-5-4-6-9-11/h1,4-6,8-9,12H,7H2,2H3. The van der Waals surface area contributed by atoms with E-state index in [4.69, 9.17) is 11.2 Å². The van der Waals surface area contributed by atoms with Crippen LogP contribution in [0.15, 0.2) is 30.3 Å². The zero-order valence-corrected chi connectivity index (χ0v) is 8.07. The second-order valence-corrected chi connectivity index (χ2v) is 2.92. The van der Waals surface area contributed by atoms with Gasteiger partial charge in [-0.05, 0) is 5.56 Å². The number of carbonyl (C=O) groups excluding carboxylic acids is 1. The summed E-state index contributed by atoms with van der Waals surface area (Å²) in [6.07, 6.45) is 5.29. The highest BCUT2D eigenvalue weighted by Gasteiger charge is 2.12. The maximum absolute atomic E-state index is 10.8. The molecular formula is C12H12O2. The van der Waals surface area contributed by atoms with Crippen LogP contribution < -0.4 is 0 Å². The van der Waals surface area contributed by atoms with Crippen molar-refractivity contribution in [1.29, 1.82) is 0 Å². The van der Waals surface area contributed by atoms with Gasteiger partial charge >= 0.3 is 5.97 Å². The van der Waals surface area contributed by atoms with Crippen LogP contribution in [-0.2, 0) is 9.53 Å². The molecule has 0 aliphatic carbocycles. The van der Waals surface area contributed by atoms with E-state index in [-0.39, 0.29) is 12.1 Å². The predicted octanol–water partition coefficient (Wildman–Crippen LogP) is 2.31. The van der Waals surface area contributed by atoms with Crippen LogP contribution in [0.1, 0.15) is 25.0 Å². The maximum atomic E-state index is 10.8. The zero-order chi connectivity index (χ0) is 10.4. The molecule has 1 unspecified atom stereocenters. The minimum Gasteiger partial charge on any atom is -0.457 e. The van der Waals surface area contributed by atoms with Gasteiger partial charge in [0, 0.05) is 6.92 Å². The van der Waals surface area contributed by atoms with Gasteiger partial charge in [-0.3, -0.25) is 4.79 Å².